The molecule has 5 aliphatic rings. The summed E-state index contributed by atoms with van der Waals surface area (Å²) in [6.45, 7) is 12.4. The summed E-state index contributed by atoms with van der Waals surface area (Å²) in [5.41, 5.74) is 0.304. The first-order chi connectivity index (χ1) is 18.2. The lowest BCUT2D eigenvalue weighted by atomic mass is 9.57. The quantitative estimate of drug-likeness (QED) is 0.297. The van der Waals surface area contributed by atoms with Crippen molar-refractivity contribution in [2.45, 2.75) is 95.5 Å². The molecular formula is C30H49N2O6+. The van der Waals surface area contributed by atoms with Crippen LogP contribution in [0.15, 0.2) is 23.8 Å². The number of hydrogen-bond acceptors (Lipinski definition) is 7. The molecule has 12 atom stereocenters. The van der Waals surface area contributed by atoms with Gasteiger partial charge >= 0.3 is 5.97 Å². The topological polar surface area (TPSA) is 102 Å². The lowest BCUT2D eigenvalue weighted by molar-refractivity contribution is -0.903. The maximum atomic E-state index is 13.1. The van der Waals surface area contributed by atoms with Gasteiger partial charge in [0.25, 0.3) is 0 Å². The van der Waals surface area contributed by atoms with Crippen molar-refractivity contribution in [3.05, 3.63) is 23.8 Å². The van der Waals surface area contributed by atoms with E-state index in [2.05, 4.69) is 37.4 Å². The number of carbonyl (C=O) groups is 1. The maximum Gasteiger partial charge on any atom is 0.335 e. The molecule has 0 radical (unpaired) electrons. The minimum Gasteiger partial charge on any atom is -0.457 e. The Labute approximate surface area is 227 Å². The Hall–Kier alpha value is -1.29. The zero-order valence-corrected chi connectivity index (χ0v) is 23.8. The highest BCUT2D eigenvalue weighted by Crippen LogP contribution is 2.60. The Bertz CT molecular complexity index is 916. The number of carbonyl (C=O) groups excluding carboxylic acids is 1. The number of esters is 1. The molecule has 8 nitrogen and oxygen atoms in total. The van der Waals surface area contributed by atoms with Gasteiger partial charge in [0.2, 0.25) is 0 Å². The van der Waals surface area contributed by atoms with Crippen molar-refractivity contribution in [1.82, 2.24) is 5.32 Å². The van der Waals surface area contributed by atoms with Gasteiger partial charge < -0.3 is 34.6 Å². The Kier molecular flexibility index (Phi) is 8.40. The van der Waals surface area contributed by atoms with E-state index in [0.717, 1.165) is 18.7 Å². The molecule has 3 fully saturated rings. The van der Waals surface area contributed by atoms with Gasteiger partial charge in [-0.1, -0.05) is 32.1 Å². The van der Waals surface area contributed by atoms with Crippen LogP contribution in [0.3, 0.4) is 0 Å². The van der Waals surface area contributed by atoms with Gasteiger partial charge in [-0.2, -0.15) is 0 Å². The smallest absolute Gasteiger partial charge is 0.335 e. The van der Waals surface area contributed by atoms with Gasteiger partial charge in [-0.25, -0.2) is 4.79 Å². The second-order valence-corrected chi connectivity index (χ2v) is 12.7. The second kappa shape index (κ2) is 11.3. The second-order valence-electron chi connectivity index (χ2n) is 12.7. The van der Waals surface area contributed by atoms with Crippen LogP contribution < -0.4 is 10.2 Å². The molecule has 2 aliphatic carbocycles. The van der Waals surface area contributed by atoms with Crippen molar-refractivity contribution in [1.29, 1.82) is 0 Å². The monoisotopic (exact) mass is 533 g/mol. The first-order valence-corrected chi connectivity index (χ1v) is 14.9. The molecule has 214 valence electrons. The van der Waals surface area contributed by atoms with Crippen LogP contribution in [0.5, 0.6) is 0 Å². The van der Waals surface area contributed by atoms with Gasteiger partial charge in [-0.3, -0.25) is 0 Å². The molecule has 3 heterocycles. The molecule has 3 aliphatic heterocycles. The highest BCUT2D eigenvalue weighted by Gasteiger charge is 2.68. The van der Waals surface area contributed by atoms with Crippen LogP contribution in [0.4, 0.5) is 0 Å². The van der Waals surface area contributed by atoms with Crippen LogP contribution in [-0.2, 0) is 19.0 Å². The Morgan fingerprint density at radius 2 is 1.97 bits per heavy atom. The molecule has 1 spiro atoms. The standard InChI is InChI=1S/C30H48N2O6/c1-17-15-18(2)30-21(16-23(36-5)29(35)37-27(17)20(4)33)9-10-22-24(30)26(34)19(3)25(28(22)38-30)31-11-14-32-12-7-6-8-13-32/h9-10,15,17,19-28,31,33-34H,6-8,11-14,16H2,1-5H3/p+1/b18-15+/t17-,19?,20-,21-,22-,23+,24+,25+,26-,27+,28-,30+/m1/s1. The van der Waals surface area contributed by atoms with Crippen LogP contribution in [-0.4, -0.2) is 91.6 Å². The molecule has 0 aromatic heterocycles. The summed E-state index contributed by atoms with van der Waals surface area (Å²) in [7, 11) is 1.53. The minimum absolute atomic E-state index is 0.0400. The summed E-state index contributed by atoms with van der Waals surface area (Å²) in [6.07, 6.45) is 7.99. The molecule has 38 heavy (non-hydrogen) atoms. The number of ether oxygens (including phenoxy) is 3. The number of rotatable bonds is 6. The summed E-state index contributed by atoms with van der Waals surface area (Å²) in [5.74, 6) is -0.800. The fraction of sp³-hybridized carbons (Fsp3) is 0.833. The summed E-state index contributed by atoms with van der Waals surface area (Å²) in [4.78, 5) is 14.8. The zero-order chi connectivity index (χ0) is 27.2. The molecule has 1 unspecified atom stereocenters. The first-order valence-electron chi connectivity index (χ1n) is 14.9. The van der Waals surface area contributed by atoms with Crippen LogP contribution in [0, 0.1) is 29.6 Å². The number of cyclic esters (lactones) is 1. The third-order valence-corrected chi connectivity index (χ3v) is 10.4. The summed E-state index contributed by atoms with van der Waals surface area (Å²) < 4.78 is 18.6. The SMILES string of the molecule is CO[C@H]1C[C@H]2C=C[C@H]3[C@H]4O[C@]2(/C(C)=C/[C@@H](C)[C@@H]([C@@H](C)O)OC1=O)[C@@H]3[C@H](O)C(C)[C@@H]4NCC[NH+]1CCCCC1. The molecule has 1 saturated carbocycles. The number of likely N-dealkylation sites (tertiary alicyclic amines) is 1. The molecule has 0 aromatic rings. The number of aliphatic hydroxyl groups excluding tert-OH is 2. The van der Waals surface area contributed by atoms with Crippen LogP contribution in [0.1, 0.15) is 53.4 Å². The average molecular weight is 534 g/mol. The number of methoxy groups -OCH3 is 1. The largest absolute Gasteiger partial charge is 0.457 e. The van der Waals surface area contributed by atoms with E-state index < -0.39 is 36.0 Å². The van der Waals surface area contributed by atoms with Gasteiger partial charge in [-0.15, -0.1) is 0 Å². The molecule has 5 rings (SSSR count). The fourth-order valence-electron chi connectivity index (χ4n) is 8.39. The predicted molar refractivity (Wildman–Crippen MR) is 143 cm³/mol. The normalized spacial score (nSPS) is 47.6. The Morgan fingerprint density at radius 1 is 1.24 bits per heavy atom. The van der Waals surface area contributed by atoms with E-state index in [1.165, 1.54) is 39.5 Å². The summed E-state index contributed by atoms with van der Waals surface area (Å²) >= 11 is 0. The number of aliphatic hydroxyl groups is 2. The van der Waals surface area contributed by atoms with Crippen LogP contribution in [0.2, 0.25) is 0 Å². The molecule has 2 saturated heterocycles. The van der Waals surface area contributed by atoms with E-state index in [4.69, 9.17) is 14.2 Å². The summed E-state index contributed by atoms with van der Waals surface area (Å²) in [6, 6.07) is 0.0484. The lowest BCUT2D eigenvalue weighted by Crippen LogP contribution is -3.13. The molecule has 4 bridgehead atoms. The van der Waals surface area contributed by atoms with Crippen LogP contribution in [0.25, 0.3) is 0 Å². The number of quaternary nitrogens is 1. The molecule has 0 amide bonds. The van der Waals surface area contributed by atoms with E-state index >= 15 is 0 Å². The van der Waals surface area contributed by atoms with E-state index in [1.54, 1.807) is 11.8 Å². The van der Waals surface area contributed by atoms with Crippen molar-refractivity contribution in [3.63, 3.8) is 0 Å². The Balaban J connectivity index is 1.47. The highest BCUT2D eigenvalue weighted by molar-refractivity contribution is 5.75. The van der Waals surface area contributed by atoms with E-state index in [-0.39, 0.29) is 41.7 Å². The van der Waals surface area contributed by atoms with E-state index in [0.29, 0.717) is 6.42 Å². The minimum atomic E-state index is -0.827. The van der Waals surface area contributed by atoms with Gasteiger partial charge in [-0.05, 0) is 45.1 Å². The van der Waals surface area contributed by atoms with Gasteiger partial charge in [0.1, 0.15) is 11.7 Å². The molecule has 0 aromatic carbocycles. The zero-order valence-electron chi connectivity index (χ0n) is 23.8. The van der Waals surface area contributed by atoms with Crippen LogP contribution >= 0.6 is 0 Å². The van der Waals surface area contributed by atoms with Crippen molar-refractivity contribution >= 4 is 5.97 Å². The van der Waals surface area contributed by atoms with Crippen molar-refractivity contribution in [3.8, 4) is 0 Å². The van der Waals surface area contributed by atoms with E-state index in [9.17, 15) is 15.0 Å². The highest BCUT2D eigenvalue weighted by atomic mass is 16.6. The van der Waals surface area contributed by atoms with Gasteiger partial charge in [0.15, 0.2) is 6.10 Å². The predicted octanol–water partition coefficient (Wildman–Crippen LogP) is 0.874. The van der Waals surface area contributed by atoms with Gasteiger partial charge in [0, 0.05) is 49.3 Å². The van der Waals surface area contributed by atoms with Crippen molar-refractivity contribution in [2.24, 2.45) is 29.6 Å². The Morgan fingerprint density at radius 3 is 2.66 bits per heavy atom. The first kappa shape index (κ1) is 28.2. The molecule has 8 heteroatoms. The number of piperidine rings is 1. The molecular weight excluding hydrogens is 484 g/mol. The average Bonchev–Trinajstić information content (AvgIpc) is 3.09. The number of hydrogen-bond donors (Lipinski definition) is 4. The fourth-order valence-corrected chi connectivity index (χ4v) is 8.39. The number of nitrogens with one attached hydrogen (secondary N) is 2. The maximum absolute atomic E-state index is 13.1. The summed E-state index contributed by atoms with van der Waals surface area (Å²) in [5, 5.41) is 26.1. The van der Waals surface area contributed by atoms with Gasteiger partial charge in [0.05, 0.1) is 37.9 Å². The third-order valence-electron chi connectivity index (χ3n) is 10.4. The third kappa shape index (κ3) is 4.79. The molecule has 4 N–H and O–H groups in total. The van der Waals surface area contributed by atoms with Crippen molar-refractivity contribution in [2.75, 3.05) is 33.3 Å². The van der Waals surface area contributed by atoms with E-state index in [1.807, 2.05) is 6.92 Å². The lowest BCUT2D eigenvalue weighted by Gasteiger charge is -2.49. The van der Waals surface area contributed by atoms with Crippen molar-refractivity contribution < 1.29 is 34.1 Å².